The van der Waals surface area contributed by atoms with Crippen LogP contribution in [0, 0.1) is 0 Å². The predicted octanol–water partition coefficient (Wildman–Crippen LogP) is 3.28. The highest BCUT2D eigenvalue weighted by molar-refractivity contribution is 5.89. The Bertz CT molecular complexity index is 1700. The zero-order valence-electron chi connectivity index (χ0n) is 26.3. The van der Waals surface area contributed by atoms with Crippen LogP contribution in [-0.2, 0) is 25.6 Å². The van der Waals surface area contributed by atoms with Crippen LogP contribution in [0.25, 0.3) is 11.3 Å². The molecule has 0 radical (unpaired) electrons. The van der Waals surface area contributed by atoms with Crippen molar-refractivity contribution in [3.05, 3.63) is 59.5 Å². The van der Waals surface area contributed by atoms with E-state index in [1.54, 1.807) is 12.1 Å². The number of alkyl halides is 3. The number of benzene rings is 1. The fourth-order valence-corrected chi connectivity index (χ4v) is 7.04. The number of carbonyl (C=O) groups excluding carboxylic acids is 1. The minimum absolute atomic E-state index is 0.0131. The first-order chi connectivity index (χ1) is 23.9. The summed E-state index contributed by atoms with van der Waals surface area (Å²) in [6, 6.07) is 9.06. The highest BCUT2D eigenvalue weighted by Crippen LogP contribution is 2.46. The van der Waals surface area contributed by atoms with Crippen LogP contribution < -0.4 is 9.64 Å². The van der Waals surface area contributed by atoms with Crippen molar-refractivity contribution < 1.29 is 66.7 Å². The first kappa shape index (κ1) is 34.2. The predicted molar refractivity (Wildman–Crippen MR) is 162 cm³/mol. The molecule has 4 fully saturated rings. The van der Waals surface area contributed by atoms with Gasteiger partial charge in [0.2, 0.25) is 6.29 Å². The van der Waals surface area contributed by atoms with Gasteiger partial charge in [0.05, 0.1) is 18.3 Å². The average Bonchev–Trinajstić information content (AvgIpc) is 3.78. The molecular formula is C33H34F3N3O11. The summed E-state index contributed by atoms with van der Waals surface area (Å²) >= 11 is 0. The van der Waals surface area contributed by atoms with E-state index in [1.165, 1.54) is 30.5 Å². The quantitative estimate of drug-likeness (QED) is 0.225. The summed E-state index contributed by atoms with van der Waals surface area (Å²) in [6.07, 6.45) is -8.38. The van der Waals surface area contributed by atoms with Crippen LogP contribution in [0.15, 0.2) is 47.1 Å². The maximum absolute atomic E-state index is 13.2. The number of para-hydroxylation sites is 1. The highest BCUT2D eigenvalue weighted by atomic mass is 19.4. The van der Waals surface area contributed by atoms with Gasteiger partial charge in [-0.2, -0.15) is 0 Å². The number of pyridine rings is 1. The zero-order valence-corrected chi connectivity index (χ0v) is 26.3. The minimum Gasteiger partial charge on any atom is -0.479 e. The normalized spacial score (nSPS) is 29.5. The first-order valence-corrected chi connectivity index (χ1v) is 16.2. The number of aliphatic hydroxyl groups is 3. The van der Waals surface area contributed by atoms with E-state index in [1.807, 2.05) is 0 Å². The molecule has 3 saturated heterocycles. The van der Waals surface area contributed by atoms with Crippen molar-refractivity contribution in [2.24, 2.45) is 0 Å². The number of aliphatic carboxylic acids is 1. The molecule has 1 aromatic carbocycles. The Morgan fingerprint density at radius 3 is 2.32 bits per heavy atom. The SMILES string of the molecule is O=C(O[C@@H]1O[C@H](C(=O)O)[C@@H](O)[C@H](O)[C@H]1O)c1ccc(N2[C@@H]3CC[C@H]2CC(OCc2c(-c4ccccc4OC(F)(F)F)noc2C2CC2)C3)nc1. The number of esters is 1. The van der Waals surface area contributed by atoms with Gasteiger partial charge in [-0.15, -0.1) is 13.2 Å². The number of ether oxygens (including phenoxy) is 4. The van der Waals surface area contributed by atoms with Gasteiger partial charge in [0.15, 0.2) is 6.10 Å². The van der Waals surface area contributed by atoms with Crippen molar-refractivity contribution in [2.75, 3.05) is 4.90 Å². The molecule has 2 bridgehead atoms. The molecule has 3 aromatic rings. The van der Waals surface area contributed by atoms with E-state index in [-0.39, 0.29) is 53.3 Å². The van der Waals surface area contributed by atoms with Gasteiger partial charge in [-0.3, -0.25) is 0 Å². The number of halogens is 3. The molecule has 4 aliphatic rings. The Labute approximate surface area is 282 Å². The lowest BCUT2D eigenvalue weighted by Crippen LogP contribution is -2.60. The lowest BCUT2D eigenvalue weighted by Gasteiger charge is -2.39. The summed E-state index contributed by atoms with van der Waals surface area (Å²) in [5.41, 5.74) is 1.02. The third-order valence-electron chi connectivity index (χ3n) is 9.57. The number of aromatic nitrogens is 2. The molecule has 2 aromatic heterocycles. The van der Waals surface area contributed by atoms with Crippen LogP contribution in [-0.4, -0.2) is 97.8 Å². The van der Waals surface area contributed by atoms with Crippen molar-refractivity contribution in [1.29, 1.82) is 0 Å². The number of carboxylic acids is 1. The third-order valence-corrected chi connectivity index (χ3v) is 9.57. The van der Waals surface area contributed by atoms with Gasteiger partial charge in [0.1, 0.15) is 41.3 Å². The van der Waals surface area contributed by atoms with Crippen molar-refractivity contribution >= 4 is 17.8 Å². The summed E-state index contributed by atoms with van der Waals surface area (Å²) in [5.74, 6) is -1.60. The lowest BCUT2D eigenvalue weighted by atomic mass is 9.99. The minimum atomic E-state index is -4.88. The smallest absolute Gasteiger partial charge is 0.479 e. The zero-order chi connectivity index (χ0) is 35.3. The molecule has 3 aliphatic heterocycles. The largest absolute Gasteiger partial charge is 0.573 e. The molecule has 4 N–H and O–H groups in total. The standard InChI is InChI=1S/C33H34F3N3O11/c34-33(35,36)49-22-4-2-1-3-20(22)24-21(28(50-38-24)15-5-6-15)14-46-19-11-17-8-9-18(12-19)39(17)23-10-7-16(13-37-23)31(45)48-32-27(42)25(40)26(41)29(47-32)30(43)44/h1-4,7,10,13,15,17-19,25-27,29,32,40-42H,5-6,8-9,11-12,14H2,(H,43,44)/t17-,18+,19?,25-,26-,27+,29-,32-/m0/s1. The number of hydrogen-bond acceptors (Lipinski definition) is 13. The number of piperidine rings is 1. The third kappa shape index (κ3) is 6.87. The number of rotatable bonds is 10. The Kier molecular flexibility index (Phi) is 9.19. The van der Waals surface area contributed by atoms with Crippen LogP contribution in [0.4, 0.5) is 19.0 Å². The van der Waals surface area contributed by atoms with Gasteiger partial charge in [0, 0.05) is 35.3 Å². The maximum Gasteiger partial charge on any atom is 0.573 e. The molecule has 7 rings (SSSR count). The van der Waals surface area contributed by atoms with Gasteiger partial charge in [0.25, 0.3) is 0 Å². The number of carboxylic acid groups (broad SMARTS) is 1. The van der Waals surface area contributed by atoms with Crippen molar-refractivity contribution in [2.45, 2.75) is 106 Å². The molecule has 50 heavy (non-hydrogen) atoms. The summed E-state index contributed by atoms with van der Waals surface area (Å²) in [7, 11) is 0. The summed E-state index contributed by atoms with van der Waals surface area (Å²) in [4.78, 5) is 30.8. The number of aliphatic hydroxyl groups excluding tert-OH is 3. The molecule has 17 heteroatoms. The summed E-state index contributed by atoms with van der Waals surface area (Å²) in [6.45, 7) is 0.104. The van der Waals surface area contributed by atoms with E-state index < -0.39 is 49.0 Å². The van der Waals surface area contributed by atoms with E-state index in [0.717, 1.165) is 25.7 Å². The van der Waals surface area contributed by atoms with Crippen molar-refractivity contribution in [1.82, 2.24) is 10.1 Å². The van der Waals surface area contributed by atoms with Crippen molar-refractivity contribution in [3.63, 3.8) is 0 Å². The van der Waals surface area contributed by atoms with Gasteiger partial charge in [-0.25, -0.2) is 14.6 Å². The van der Waals surface area contributed by atoms with Crippen LogP contribution in [0.3, 0.4) is 0 Å². The van der Waals surface area contributed by atoms with E-state index in [0.29, 0.717) is 30.0 Å². The highest BCUT2D eigenvalue weighted by Gasteiger charge is 2.49. The Morgan fingerprint density at radius 1 is 0.960 bits per heavy atom. The first-order valence-electron chi connectivity index (χ1n) is 16.2. The molecule has 5 heterocycles. The Morgan fingerprint density at radius 2 is 1.68 bits per heavy atom. The molecule has 1 unspecified atom stereocenters. The number of hydrogen-bond donors (Lipinski definition) is 4. The van der Waals surface area contributed by atoms with E-state index >= 15 is 0 Å². The average molecular weight is 706 g/mol. The van der Waals surface area contributed by atoms with E-state index in [9.17, 15) is 43.2 Å². The summed E-state index contributed by atoms with van der Waals surface area (Å²) in [5, 5.41) is 43.4. The molecule has 1 aliphatic carbocycles. The topological polar surface area (TPSA) is 194 Å². The second-order valence-corrected chi connectivity index (χ2v) is 12.9. The van der Waals surface area contributed by atoms with Crippen LogP contribution in [0.2, 0.25) is 0 Å². The van der Waals surface area contributed by atoms with Gasteiger partial charge in [-0.1, -0.05) is 17.3 Å². The van der Waals surface area contributed by atoms with E-state index in [4.69, 9.17) is 18.7 Å². The van der Waals surface area contributed by atoms with Crippen LogP contribution in [0.5, 0.6) is 5.75 Å². The summed E-state index contributed by atoms with van der Waals surface area (Å²) < 4.78 is 65.9. The van der Waals surface area contributed by atoms with Crippen LogP contribution >= 0.6 is 0 Å². The molecule has 8 atom stereocenters. The molecular weight excluding hydrogens is 671 g/mol. The fourth-order valence-electron chi connectivity index (χ4n) is 7.04. The molecule has 1 saturated carbocycles. The molecule has 0 spiro atoms. The monoisotopic (exact) mass is 705 g/mol. The molecule has 268 valence electrons. The molecule has 14 nitrogen and oxygen atoms in total. The van der Waals surface area contributed by atoms with Gasteiger partial charge < -0.3 is 48.8 Å². The Balaban J connectivity index is 0.999. The number of nitrogens with zero attached hydrogens (tertiary/aromatic N) is 3. The number of fused-ring (bicyclic) bond motifs is 2. The molecule has 0 amide bonds. The second kappa shape index (κ2) is 13.4. The fraction of sp³-hybridized carbons (Fsp3) is 0.515. The second-order valence-electron chi connectivity index (χ2n) is 12.9. The number of anilines is 1. The maximum atomic E-state index is 13.2. The van der Waals surface area contributed by atoms with Gasteiger partial charge >= 0.3 is 18.3 Å². The number of carbonyl (C=O) groups is 2. The lowest BCUT2D eigenvalue weighted by molar-refractivity contribution is -0.278. The van der Waals surface area contributed by atoms with Gasteiger partial charge in [-0.05, 0) is 62.8 Å². The van der Waals surface area contributed by atoms with Crippen LogP contribution in [0.1, 0.15) is 66.1 Å². The van der Waals surface area contributed by atoms with E-state index in [2.05, 4.69) is 19.8 Å². The van der Waals surface area contributed by atoms with Crippen molar-refractivity contribution in [3.8, 4) is 17.0 Å². The Hall–Kier alpha value is -4.29.